The molecule has 0 aliphatic carbocycles. The predicted molar refractivity (Wildman–Crippen MR) is 72.5 cm³/mol. The third-order valence-corrected chi connectivity index (χ3v) is 3.07. The molecule has 0 aliphatic heterocycles. The van der Waals surface area contributed by atoms with E-state index in [1.54, 1.807) is 0 Å². The molecule has 1 amide bonds. The van der Waals surface area contributed by atoms with Gasteiger partial charge in [0.2, 0.25) is 0 Å². The van der Waals surface area contributed by atoms with Gasteiger partial charge in [0.15, 0.2) is 5.78 Å². The van der Waals surface area contributed by atoms with Crippen LogP contribution in [0.15, 0.2) is 0 Å². The Kier molecular flexibility index (Phi) is 9.33. The van der Waals surface area contributed by atoms with Gasteiger partial charge in [-0.15, -0.1) is 0 Å². The van der Waals surface area contributed by atoms with Gasteiger partial charge in [-0.05, 0) is 19.3 Å². The molecule has 0 bridgehead atoms. The number of methoxy groups -OCH3 is 1. The second-order valence-corrected chi connectivity index (χ2v) is 4.65. The normalized spacial score (nSPS) is 12.3. The molecule has 0 radical (unpaired) electrons. The monoisotopic (exact) mass is 257 g/mol. The van der Waals surface area contributed by atoms with Gasteiger partial charge in [-0.2, -0.15) is 0 Å². The number of hydrogen-bond acceptors (Lipinski definition) is 3. The maximum absolute atomic E-state index is 12.4. The van der Waals surface area contributed by atoms with Crippen LogP contribution in [0, 0.1) is 5.92 Å². The zero-order chi connectivity index (χ0) is 14.0. The largest absolute Gasteiger partial charge is 0.453 e. The van der Waals surface area contributed by atoms with Gasteiger partial charge in [-0.25, -0.2) is 4.79 Å². The Morgan fingerprint density at radius 1 is 1.00 bits per heavy atom. The first-order valence-corrected chi connectivity index (χ1v) is 6.98. The topological polar surface area (TPSA) is 55.4 Å². The highest BCUT2D eigenvalue weighted by molar-refractivity contribution is 5.89. The number of nitrogens with one attached hydrogen (secondary N) is 1. The Balaban J connectivity index is 4.62. The Hall–Kier alpha value is -1.06. The number of hydrogen-bond donors (Lipinski definition) is 1. The summed E-state index contributed by atoms with van der Waals surface area (Å²) < 4.78 is 4.57. The van der Waals surface area contributed by atoms with E-state index in [0.29, 0.717) is 6.42 Å². The van der Waals surface area contributed by atoms with E-state index in [1.807, 2.05) is 6.92 Å². The minimum atomic E-state index is -0.520. The van der Waals surface area contributed by atoms with Crippen molar-refractivity contribution in [2.75, 3.05) is 7.11 Å². The Labute approximate surface area is 110 Å². The van der Waals surface area contributed by atoms with Gasteiger partial charge in [-0.1, -0.05) is 40.0 Å². The van der Waals surface area contributed by atoms with Crippen molar-refractivity contribution >= 4 is 11.9 Å². The highest BCUT2D eigenvalue weighted by atomic mass is 16.5. The smallest absolute Gasteiger partial charge is 0.407 e. The van der Waals surface area contributed by atoms with Gasteiger partial charge in [0.05, 0.1) is 13.2 Å². The van der Waals surface area contributed by atoms with Crippen LogP contribution in [0.4, 0.5) is 4.79 Å². The molecule has 4 heteroatoms. The van der Waals surface area contributed by atoms with Crippen LogP contribution < -0.4 is 5.32 Å². The van der Waals surface area contributed by atoms with E-state index in [4.69, 9.17) is 0 Å². The lowest BCUT2D eigenvalue weighted by atomic mass is 9.88. The molecule has 0 heterocycles. The highest BCUT2D eigenvalue weighted by Crippen LogP contribution is 2.18. The van der Waals surface area contributed by atoms with E-state index < -0.39 is 12.1 Å². The lowest BCUT2D eigenvalue weighted by molar-refractivity contribution is -0.125. The molecule has 0 saturated heterocycles. The summed E-state index contributed by atoms with van der Waals surface area (Å²) in [5.74, 6) is 0.222. The number of ketones is 1. The SMILES string of the molecule is CCCC(CCC)C(=O)[C@H](CCC)NC(=O)OC. The van der Waals surface area contributed by atoms with E-state index in [2.05, 4.69) is 23.9 Å². The quantitative estimate of drug-likeness (QED) is 0.689. The summed E-state index contributed by atoms with van der Waals surface area (Å²) in [7, 11) is 1.32. The third-order valence-electron chi connectivity index (χ3n) is 3.07. The van der Waals surface area contributed by atoms with E-state index in [-0.39, 0.29) is 11.7 Å². The Morgan fingerprint density at radius 3 is 1.89 bits per heavy atom. The fraction of sp³-hybridized carbons (Fsp3) is 0.857. The molecule has 0 rings (SSSR count). The molecule has 0 fully saturated rings. The number of carbonyl (C=O) groups excluding carboxylic acids is 2. The summed E-state index contributed by atoms with van der Waals surface area (Å²) in [5, 5.41) is 2.65. The second kappa shape index (κ2) is 9.92. The lowest BCUT2D eigenvalue weighted by Gasteiger charge is -2.22. The summed E-state index contributed by atoms with van der Waals surface area (Å²) in [6.45, 7) is 6.17. The van der Waals surface area contributed by atoms with Gasteiger partial charge in [-0.3, -0.25) is 4.79 Å². The van der Waals surface area contributed by atoms with Gasteiger partial charge in [0.25, 0.3) is 0 Å². The molecule has 0 aromatic heterocycles. The van der Waals surface area contributed by atoms with Crippen molar-refractivity contribution in [1.29, 1.82) is 0 Å². The average molecular weight is 257 g/mol. The van der Waals surface area contributed by atoms with Crippen LogP contribution in [0.2, 0.25) is 0 Å². The first-order valence-electron chi connectivity index (χ1n) is 6.98. The second-order valence-electron chi connectivity index (χ2n) is 4.65. The number of carbonyl (C=O) groups is 2. The minimum Gasteiger partial charge on any atom is -0.453 e. The van der Waals surface area contributed by atoms with Crippen LogP contribution in [-0.4, -0.2) is 25.0 Å². The summed E-state index contributed by atoms with van der Waals surface area (Å²) in [6.07, 6.45) is 4.81. The highest BCUT2D eigenvalue weighted by Gasteiger charge is 2.26. The van der Waals surface area contributed by atoms with Crippen molar-refractivity contribution in [2.24, 2.45) is 5.92 Å². The van der Waals surface area contributed by atoms with E-state index in [9.17, 15) is 9.59 Å². The molecule has 1 N–H and O–H groups in total. The third kappa shape index (κ3) is 6.03. The summed E-state index contributed by atoms with van der Waals surface area (Å²) >= 11 is 0. The molecule has 106 valence electrons. The molecule has 4 nitrogen and oxygen atoms in total. The Bertz CT molecular complexity index is 247. The molecule has 18 heavy (non-hydrogen) atoms. The molecular weight excluding hydrogens is 230 g/mol. The maximum atomic E-state index is 12.4. The average Bonchev–Trinajstić information content (AvgIpc) is 2.37. The van der Waals surface area contributed by atoms with Crippen molar-refractivity contribution in [3.63, 3.8) is 0 Å². The molecule has 0 spiro atoms. The van der Waals surface area contributed by atoms with E-state index >= 15 is 0 Å². The van der Waals surface area contributed by atoms with Gasteiger partial charge in [0.1, 0.15) is 0 Å². The van der Waals surface area contributed by atoms with Crippen LogP contribution >= 0.6 is 0 Å². The van der Waals surface area contributed by atoms with Crippen molar-refractivity contribution in [3.05, 3.63) is 0 Å². The van der Waals surface area contributed by atoms with Crippen LogP contribution in [0.3, 0.4) is 0 Å². The van der Waals surface area contributed by atoms with Gasteiger partial charge < -0.3 is 10.1 Å². The van der Waals surface area contributed by atoms with Crippen molar-refractivity contribution in [1.82, 2.24) is 5.32 Å². The van der Waals surface area contributed by atoms with Crippen molar-refractivity contribution in [3.8, 4) is 0 Å². The first-order chi connectivity index (χ1) is 8.60. The zero-order valence-corrected chi connectivity index (χ0v) is 12.1. The summed E-state index contributed by atoms with van der Waals surface area (Å²) in [5.41, 5.74) is 0. The van der Waals surface area contributed by atoms with Gasteiger partial charge >= 0.3 is 6.09 Å². The predicted octanol–water partition coefficient (Wildman–Crippen LogP) is 3.30. The maximum Gasteiger partial charge on any atom is 0.407 e. The summed E-state index contributed by atoms with van der Waals surface area (Å²) in [4.78, 5) is 23.6. The number of ether oxygens (including phenoxy) is 1. The molecule has 0 saturated carbocycles. The van der Waals surface area contributed by atoms with Crippen LogP contribution in [-0.2, 0) is 9.53 Å². The van der Waals surface area contributed by atoms with E-state index in [0.717, 1.165) is 32.1 Å². The van der Waals surface area contributed by atoms with Crippen molar-refractivity contribution < 1.29 is 14.3 Å². The molecule has 0 aliphatic rings. The summed E-state index contributed by atoms with van der Waals surface area (Å²) in [6, 6.07) is -0.398. The van der Waals surface area contributed by atoms with E-state index in [1.165, 1.54) is 7.11 Å². The van der Waals surface area contributed by atoms with Crippen LogP contribution in [0.1, 0.15) is 59.3 Å². The molecule has 0 unspecified atom stereocenters. The number of rotatable bonds is 9. The molecular formula is C14H27NO3. The minimum absolute atomic E-state index is 0.0636. The lowest BCUT2D eigenvalue weighted by Crippen LogP contribution is -2.43. The first kappa shape index (κ1) is 16.9. The van der Waals surface area contributed by atoms with Crippen LogP contribution in [0.25, 0.3) is 0 Å². The number of Topliss-reactive ketones (excluding diaryl/α,β-unsaturated/α-hetero) is 1. The van der Waals surface area contributed by atoms with Gasteiger partial charge in [0, 0.05) is 5.92 Å². The number of amides is 1. The molecule has 0 aromatic carbocycles. The Morgan fingerprint density at radius 2 is 1.50 bits per heavy atom. The molecule has 1 atom stereocenters. The van der Waals surface area contributed by atoms with Crippen LogP contribution in [0.5, 0.6) is 0 Å². The fourth-order valence-electron chi connectivity index (χ4n) is 2.19. The van der Waals surface area contributed by atoms with Crippen molar-refractivity contribution in [2.45, 2.75) is 65.3 Å². The molecule has 0 aromatic rings. The standard InChI is InChI=1S/C14H27NO3/c1-5-8-11(9-6-2)13(16)12(10-7-3)15-14(17)18-4/h11-12H,5-10H2,1-4H3,(H,15,17)/t12-/m0/s1. The zero-order valence-electron chi connectivity index (χ0n) is 12.1. The fourth-order valence-corrected chi connectivity index (χ4v) is 2.19. The number of alkyl carbamates (subject to hydrolysis) is 1.